The molecule has 0 saturated heterocycles. The lowest BCUT2D eigenvalue weighted by Crippen LogP contribution is -2.37. The van der Waals surface area contributed by atoms with Crippen molar-refractivity contribution in [2.24, 2.45) is 13.0 Å². The summed E-state index contributed by atoms with van der Waals surface area (Å²) in [5, 5.41) is 4.27. The summed E-state index contributed by atoms with van der Waals surface area (Å²) in [5.41, 5.74) is 2.48. The molecule has 1 atom stereocenters. The Hall–Kier alpha value is -1.66. The number of fused-ring (bicyclic) bond motifs is 1. The number of nitrogens with zero attached hydrogens (tertiary/aromatic N) is 5. The molecule has 0 N–H and O–H groups in total. The Kier molecular flexibility index (Phi) is 4.90. The van der Waals surface area contributed by atoms with Gasteiger partial charge in [-0.15, -0.1) is 0 Å². The van der Waals surface area contributed by atoms with Crippen LogP contribution in [0.25, 0.3) is 0 Å². The van der Waals surface area contributed by atoms with E-state index in [0.29, 0.717) is 12.6 Å². The summed E-state index contributed by atoms with van der Waals surface area (Å²) in [4.78, 5) is 7.18. The van der Waals surface area contributed by atoms with Gasteiger partial charge in [0.25, 0.3) is 0 Å². The molecule has 1 fully saturated rings. The zero-order valence-electron chi connectivity index (χ0n) is 15.4. The van der Waals surface area contributed by atoms with Crippen molar-refractivity contribution >= 4 is 0 Å². The van der Waals surface area contributed by atoms with Gasteiger partial charge < -0.3 is 9.30 Å². The first kappa shape index (κ1) is 16.8. The zero-order chi connectivity index (χ0) is 17.2. The van der Waals surface area contributed by atoms with E-state index in [-0.39, 0.29) is 0 Å². The molecule has 25 heavy (non-hydrogen) atoms. The minimum Gasteiger partial charge on any atom is -0.375 e. The van der Waals surface area contributed by atoms with Crippen LogP contribution in [0.2, 0.25) is 0 Å². The van der Waals surface area contributed by atoms with Crippen LogP contribution >= 0.6 is 0 Å². The topological polar surface area (TPSA) is 48.1 Å². The Balaban J connectivity index is 1.36. The van der Waals surface area contributed by atoms with Crippen molar-refractivity contribution in [2.75, 3.05) is 13.2 Å². The maximum atomic E-state index is 6.00. The summed E-state index contributed by atoms with van der Waals surface area (Å²) in [6.45, 7) is 6.80. The van der Waals surface area contributed by atoms with Gasteiger partial charge in [-0.25, -0.2) is 4.98 Å². The van der Waals surface area contributed by atoms with E-state index in [1.165, 1.54) is 36.9 Å². The highest BCUT2D eigenvalue weighted by Crippen LogP contribution is 2.28. The van der Waals surface area contributed by atoms with Crippen molar-refractivity contribution in [1.29, 1.82) is 0 Å². The standard InChI is InChI=1S/C19H29N5O/c1-15-19-20-10-18(14-25-13-16-5-3-4-6-16)24(19)8-7-23(15)12-17-9-21-22(2)11-17/h9-11,15-16H,3-8,12-14H2,1-2H3/t15-/m0/s1. The second kappa shape index (κ2) is 7.30. The van der Waals surface area contributed by atoms with Crippen molar-refractivity contribution in [3.63, 3.8) is 0 Å². The van der Waals surface area contributed by atoms with Crippen molar-refractivity contribution in [1.82, 2.24) is 24.2 Å². The maximum absolute atomic E-state index is 6.00. The highest BCUT2D eigenvalue weighted by atomic mass is 16.5. The van der Waals surface area contributed by atoms with Gasteiger partial charge in [0.15, 0.2) is 0 Å². The number of imidazole rings is 1. The lowest BCUT2D eigenvalue weighted by Gasteiger charge is -2.34. The normalized spacial score (nSPS) is 21.8. The molecule has 2 aliphatic rings. The SMILES string of the molecule is C[C@H]1c2ncc(COCC3CCCC3)n2CCN1Cc1cnn(C)c1. The lowest BCUT2D eigenvalue weighted by atomic mass is 10.1. The summed E-state index contributed by atoms with van der Waals surface area (Å²) in [7, 11) is 1.97. The second-order valence-electron chi connectivity index (χ2n) is 7.59. The van der Waals surface area contributed by atoms with Gasteiger partial charge in [0.2, 0.25) is 0 Å². The first-order valence-electron chi connectivity index (χ1n) is 9.54. The van der Waals surface area contributed by atoms with Crippen LogP contribution in [-0.4, -0.2) is 37.4 Å². The highest BCUT2D eigenvalue weighted by molar-refractivity contribution is 5.12. The van der Waals surface area contributed by atoms with Crippen LogP contribution in [0.5, 0.6) is 0 Å². The molecule has 6 nitrogen and oxygen atoms in total. The van der Waals surface area contributed by atoms with Gasteiger partial charge in [-0.2, -0.15) is 5.10 Å². The highest BCUT2D eigenvalue weighted by Gasteiger charge is 2.27. The number of hydrogen-bond acceptors (Lipinski definition) is 4. The molecule has 0 unspecified atom stereocenters. The number of hydrogen-bond donors (Lipinski definition) is 0. The average Bonchev–Trinajstić information content (AvgIpc) is 3.33. The van der Waals surface area contributed by atoms with Crippen molar-refractivity contribution in [3.05, 3.63) is 35.7 Å². The van der Waals surface area contributed by atoms with Crippen LogP contribution in [0, 0.1) is 5.92 Å². The predicted molar refractivity (Wildman–Crippen MR) is 95.9 cm³/mol. The third-order valence-corrected chi connectivity index (χ3v) is 5.72. The Morgan fingerprint density at radius 1 is 1.20 bits per heavy atom. The minimum absolute atomic E-state index is 0.317. The Labute approximate surface area is 149 Å². The molecule has 0 amide bonds. The molecular formula is C19H29N5O. The Morgan fingerprint density at radius 3 is 2.80 bits per heavy atom. The Morgan fingerprint density at radius 2 is 2.04 bits per heavy atom. The molecule has 2 aromatic rings. The number of aromatic nitrogens is 4. The molecule has 0 spiro atoms. The van der Waals surface area contributed by atoms with E-state index in [4.69, 9.17) is 9.72 Å². The van der Waals surface area contributed by atoms with Crippen LogP contribution in [-0.2, 0) is 31.5 Å². The summed E-state index contributed by atoms with van der Waals surface area (Å²) < 4.78 is 10.2. The van der Waals surface area contributed by atoms with Gasteiger partial charge in [0.05, 0.1) is 30.7 Å². The molecule has 1 aliphatic carbocycles. The molecule has 3 heterocycles. The smallest absolute Gasteiger partial charge is 0.126 e. The van der Waals surface area contributed by atoms with E-state index in [1.807, 2.05) is 24.1 Å². The first-order chi connectivity index (χ1) is 12.2. The van der Waals surface area contributed by atoms with Gasteiger partial charge in [-0.05, 0) is 25.7 Å². The second-order valence-corrected chi connectivity index (χ2v) is 7.59. The molecule has 0 radical (unpaired) electrons. The summed E-state index contributed by atoms with van der Waals surface area (Å²) in [6, 6.07) is 0.317. The minimum atomic E-state index is 0.317. The lowest BCUT2D eigenvalue weighted by molar-refractivity contribution is 0.0815. The van der Waals surface area contributed by atoms with Crippen molar-refractivity contribution in [3.8, 4) is 0 Å². The van der Waals surface area contributed by atoms with Gasteiger partial charge in [-0.3, -0.25) is 9.58 Å². The average molecular weight is 343 g/mol. The number of aryl methyl sites for hydroxylation is 1. The van der Waals surface area contributed by atoms with Gasteiger partial charge in [-0.1, -0.05) is 12.8 Å². The summed E-state index contributed by atoms with van der Waals surface area (Å²) in [6.07, 6.45) is 11.5. The van der Waals surface area contributed by atoms with Crippen LogP contribution in [0.15, 0.2) is 18.6 Å². The number of rotatable bonds is 6. The van der Waals surface area contributed by atoms with E-state index in [1.54, 1.807) is 0 Å². The quantitative estimate of drug-likeness (QED) is 0.809. The van der Waals surface area contributed by atoms with Gasteiger partial charge >= 0.3 is 0 Å². The fourth-order valence-electron chi connectivity index (χ4n) is 4.23. The number of ether oxygens (including phenoxy) is 1. The van der Waals surface area contributed by atoms with Gasteiger partial charge in [0.1, 0.15) is 5.82 Å². The third-order valence-electron chi connectivity index (χ3n) is 5.72. The molecule has 1 saturated carbocycles. The van der Waals surface area contributed by atoms with E-state index in [2.05, 4.69) is 27.7 Å². The molecule has 2 aromatic heterocycles. The fraction of sp³-hybridized carbons (Fsp3) is 0.684. The maximum Gasteiger partial charge on any atom is 0.126 e. The molecule has 4 rings (SSSR count). The van der Waals surface area contributed by atoms with E-state index >= 15 is 0 Å². The molecular weight excluding hydrogens is 314 g/mol. The first-order valence-corrected chi connectivity index (χ1v) is 9.54. The monoisotopic (exact) mass is 343 g/mol. The Bertz CT molecular complexity index is 700. The summed E-state index contributed by atoms with van der Waals surface area (Å²) >= 11 is 0. The van der Waals surface area contributed by atoms with Crippen molar-refractivity contribution in [2.45, 2.75) is 58.3 Å². The van der Waals surface area contributed by atoms with Crippen molar-refractivity contribution < 1.29 is 4.74 Å². The van der Waals surface area contributed by atoms with Gasteiger partial charge in [0, 0.05) is 45.0 Å². The molecule has 6 heteroatoms. The zero-order valence-corrected chi connectivity index (χ0v) is 15.4. The predicted octanol–water partition coefficient (Wildman–Crippen LogP) is 2.90. The van der Waals surface area contributed by atoms with E-state index < -0.39 is 0 Å². The van der Waals surface area contributed by atoms with E-state index in [9.17, 15) is 0 Å². The van der Waals surface area contributed by atoms with Crippen LogP contribution < -0.4 is 0 Å². The molecule has 0 bridgehead atoms. The molecule has 136 valence electrons. The summed E-state index contributed by atoms with van der Waals surface area (Å²) in [5.74, 6) is 1.94. The largest absolute Gasteiger partial charge is 0.375 e. The van der Waals surface area contributed by atoms with Crippen LogP contribution in [0.3, 0.4) is 0 Å². The van der Waals surface area contributed by atoms with E-state index in [0.717, 1.165) is 38.0 Å². The van der Waals surface area contributed by atoms with Crippen LogP contribution in [0.4, 0.5) is 0 Å². The molecule has 0 aromatic carbocycles. The van der Waals surface area contributed by atoms with Crippen LogP contribution in [0.1, 0.15) is 55.7 Å². The fourth-order valence-corrected chi connectivity index (χ4v) is 4.23. The third kappa shape index (κ3) is 3.65. The molecule has 1 aliphatic heterocycles.